The minimum atomic E-state index is -2.66. The number of carboxylic acids is 6. The Labute approximate surface area is 300 Å². The van der Waals surface area contributed by atoms with E-state index >= 15 is 0 Å². The Bertz CT molecular complexity index is 655. The molecule has 0 heterocycles. The van der Waals surface area contributed by atoms with Crippen molar-refractivity contribution < 1.29 is 237 Å². The van der Waals surface area contributed by atoms with Gasteiger partial charge in [-0.2, -0.15) is 0 Å². The van der Waals surface area contributed by atoms with Crippen molar-refractivity contribution in [3.8, 4) is 0 Å². The SMILES string of the molecule is O=C([O-])c1c(C(=O)[O-])c(C(=O)[O-])c(C(=O)[O-])c(C(=O)[O-])c1C(=O)[O-].[Na+].[Na+].[Na+].[Na+].[Na+].[Na+]. The van der Waals surface area contributed by atoms with E-state index in [0.717, 1.165) is 0 Å². The molecule has 0 N–H and O–H groups in total. The molecule has 12 nitrogen and oxygen atoms in total. The average Bonchev–Trinajstić information content (AvgIpc) is 2.42. The standard InChI is InChI=1S/C12H6O12.6Na/c13-7(14)1-2(8(15)16)4(10(19)20)6(12(23)24)5(11(21)22)3(1)9(17)18;;;;;;/h(H,13,14)(H,15,16)(H,17,18)(H,19,20)(H,21,22)(H,23,24);;;;;;/q;6*+1/p-6. The second-order valence-corrected chi connectivity index (χ2v) is 3.97. The maximum absolute atomic E-state index is 11.0. The Kier molecular flexibility index (Phi) is 29.4. The molecule has 0 unspecified atom stereocenters. The summed E-state index contributed by atoms with van der Waals surface area (Å²) in [7, 11) is 0. The second-order valence-electron chi connectivity index (χ2n) is 3.97. The van der Waals surface area contributed by atoms with Gasteiger partial charge in [-0.25, -0.2) is 0 Å². The van der Waals surface area contributed by atoms with Crippen LogP contribution in [0.3, 0.4) is 0 Å². The first-order chi connectivity index (χ1) is 10.9. The van der Waals surface area contributed by atoms with Crippen LogP contribution in [0.2, 0.25) is 0 Å². The van der Waals surface area contributed by atoms with Gasteiger partial charge in [0.25, 0.3) is 0 Å². The summed E-state index contributed by atoms with van der Waals surface area (Å²) >= 11 is 0. The van der Waals surface area contributed by atoms with Gasteiger partial charge in [0.05, 0.1) is 35.8 Å². The molecule has 0 saturated carbocycles. The van der Waals surface area contributed by atoms with Crippen LogP contribution >= 0.6 is 0 Å². The fourth-order valence-corrected chi connectivity index (χ4v) is 1.97. The molecule has 0 saturated heterocycles. The van der Waals surface area contributed by atoms with Gasteiger partial charge in [0, 0.05) is 33.4 Å². The zero-order valence-corrected chi connectivity index (χ0v) is 28.9. The van der Waals surface area contributed by atoms with E-state index in [1.807, 2.05) is 0 Å². The number of rotatable bonds is 6. The Morgan fingerprint density at radius 2 is 0.367 bits per heavy atom. The third-order valence-corrected chi connectivity index (χ3v) is 2.72. The van der Waals surface area contributed by atoms with Crippen molar-refractivity contribution >= 4 is 35.8 Å². The minimum absolute atomic E-state index is 0. The van der Waals surface area contributed by atoms with E-state index in [9.17, 15) is 59.4 Å². The van der Waals surface area contributed by atoms with Gasteiger partial charge < -0.3 is 59.4 Å². The first-order valence-electron chi connectivity index (χ1n) is 5.45. The van der Waals surface area contributed by atoms with Crippen molar-refractivity contribution in [2.75, 3.05) is 0 Å². The van der Waals surface area contributed by atoms with Crippen molar-refractivity contribution in [2.24, 2.45) is 0 Å². The Hall–Kier alpha value is 2.04. The molecule has 0 bridgehead atoms. The van der Waals surface area contributed by atoms with Gasteiger partial charge in [-0.3, -0.25) is 0 Å². The maximum atomic E-state index is 11.0. The summed E-state index contributed by atoms with van der Waals surface area (Å²) in [5.41, 5.74) is -12.0. The quantitative estimate of drug-likeness (QED) is 0.349. The van der Waals surface area contributed by atoms with Gasteiger partial charge in [-0.15, -0.1) is 0 Å². The first kappa shape index (κ1) is 45.5. The molecule has 0 fully saturated rings. The summed E-state index contributed by atoms with van der Waals surface area (Å²) in [4.78, 5) is 66.0. The van der Waals surface area contributed by atoms with E-state index in [4.69, 9.17) is 0 Å². The molecular formula is C12Na6O12. The molecule has 0 atom stereocenters. The number of hydrogen-bond donors (Lipinski definition) is 0. The van der Waals surface area contributed by atoms with Gasteiger partial charge in [0.1, 0.15) is 0 Å². The predicted molar refractivity (Wildman–Crippen MR) is 52.4 cm³/mol. The average molecular weight is 474 g/mol. The van der Waals surface area contributed by atoms with Crippen molar-refractivity contribution in [1.82, 2.24) is 0 Å². The molecule has 18 heteroatoms. The number of aromatic carboxylic acids is 6. The summed E-state index contributed by atoms with van der Waals surface area (Å²) in [6, 6.07) is 0. The number of carbonyl (C=O) groups is 6. The van der Waals surface area contributed by atoms with Crippen LogP contribution in [-0.4, -0.2) is 35.8 Å². The normalized spacial score (nSPS) is 8.00. The zero-order chi connectivity index (χ0) is 18.9. The molecule has 0 amide bonds. The summed E-state index contributed by atoms with van der Waals surface area (Å²) in [5.74, 6) is -16.0. The summed E-state index contributed by atoms with van der Waals surface area (Å²) in [6.45, 7) is 0. The van der Waals surface area contributed by atoms with Crippen LogP contribution in [0.1, 0.15) is 62.1 Å². The van der Waals surface area contributed by atoms with E-state index in [-0.39, 0.29) is 177 Å². The molecule has 0 aromatic heterocycles. The minimum Gasteiger partial charge on any atom is -0.545 e. The summed E-state index contributed by atoms with van der Waals surface area (Å²) < 4.78 is 0. The smallest absolute Gasteiger partial charge is 0.545 e. The van der Waals surface area contributed by atoms with Crippen LogP contribution in [-0.2, 0) is 0 Å². The van der Waals surface area contributed by atoms with Crippen molar-refractivity contribution in [3.05, 3.63) is 33.4 Å². The molecule has 0 spiro atoms. The molecule has 0 aliphatic heterocycles. The molecular weight excluding hydrogens is 474 g/mol. The molecule has 1 rings (SSSR count). The number of benzene rings is 1. The molecule has 30 heavy (non-hydrogen) atoms. The van der Waals surface area contributed by atoms with Gasteiger partial charge >= 0.3 is 177 Å². The van der Waals surface area contributed by atoms with Gasteiger partial charge in [0.2, 0.25) is 0 Å². The van der Waals surface area contributed by atoms with Crippen LogP contribution in [0.15, 0.2) is 0 Å². The van der Waals surface area contributed by atoms with Gasteiger partial charge in [-0.1, -0.05) is 0 Å². The number of carbonyl (C=O) groups excluding carboxylic acids is 6. The van der Waals surface area contributed by atoms with Crippen LogP contribution in [0.25, 0.3) is 0 Å². The van der Waals surface area contributed by atoms with E-state index in [1.165, 1.54) is 0 Å². The van der Waals surface area contributed by atoms with Crippen LogP contribution in [0, 0.1) is 0 Å². The van der Waals surface area contributed by atoms with E-state index < -0.39 is 69.2 Å². The molecule has 1 aromatic carbocycles. The fourth-order valence-electron chi connectivity index (χ4n) is 1.97. The van der Waals surface area contributed by atoms with Crippen molar-refractivity contribution in [3.63, 3.8) is 0 Å². The van der Waals surface area contributed by atoms with Gasteiger partial charge in [0.15, 0.2) is 0 Å². The summed E-state index contributed by atoms with van der Waals surface area (Å²) in [6.07, 6.45) is 0. The van der Waals surface area contributed by atoms with E-state index in [1.54, 1.807) is 0 Å². The van der Waals surface area contributed by atoms with Gasteiger partial charge in [-0.05, 0) is 0 Å². The van der Waals surface area contributed by atoms with E-state index in [2.05, 4.69) is 0 Å². The second kappa shape index (κ2) is 19.4. The molecule has 0 aliphatic rings. The predicted octanol–water partition coefficient (Wildman–Crippen LogP) is -26.1. The molecule has 0 radical (unpaired) electrons. The molecule has 126 valence electrons. The Balaban J connectivity index is -0.000000240. The van der Waals surface area contributed by atoms with Crippen molar-refractivity contribution in [2.45, 2.75) is 0 Å². The topological polar surface area (TPSA) is 241 Å². The Morgan fingerprint density at radius 1 is 0.300 bits per heavy atom. The van der Waals surface area contributed by atoms with E-state index in [0.29, 0.717) is 0 Å². The van der Waals surface area contributed by atoms with Crippen molar-refractivity contribution in [1.29, 1.82) is 0 Å². The summed E-state index contributed by atoms with van der Waals surface area (Å²) in [5, 5.41) is 66.0. The number of hydrogen-bond acceptors (Lipinski definition) is 12. The third kappa shape index (κ3) is 10.1. The van der Waals surface area contributed by atoms with Crippen LogP contribution in [0.5, 0.6) is 0 Å². The Morgan fingerprint density at radius 3 is 0.400 bits per heavy atom. The number of carboxylic acid groups (broad SMARTS) is 6. The molecule has 1 aromatic rings. The monoisotopic (exact) mass is 474 g/mol. The largest absolute Gasteiger partial charge is 1.00 e. The fraction of sp³-hybridized carbons (Fsp3) is 0. The maximum Gasteiger partial charge on any atom is 1.00 e. The van der Waals surface area contributed by atoms with Crippen LogP contribution < -0.4 is 208 Å². The first-order valence-corrected chi connectivity index (χ1v) is 5.45. The molecule has 0 aliphatic carbocycles. The zero-order valence-electron chi connectivity index (χ0n) is 16.9. The van der Waals surface area contributed by atoms with Crippen LogP contribution in [0.4, 0.5) is 0 Å². The third-order valence-electron chi connectivity index (χ3n) is 2.72.